The van der Waals surface area contributed by atoms with Gasteiger partial charge in [0, 0.05) is 26.0 Å². The highest BCUT2D eigenvalue weighted by atomic mass is 79.9. The Kier molecular flexibility index (Phi) is 6.19. The van der Waals surface area contributed by atoms with E-state index in [1.807, 2.05) is 31.2 Å². The summed E-state index contributed by atoms with van der Waals surface area (Å²) in [5.74, 6) is 0.0392. The third-order valence-electron chi connectivity index (χ3n) is 3.41. The molecular weight excluding hydrogens is 459 g/mol. The number of ether oxygens (including phenoxy) is 1. The number of carbonyl (C=O) groups is 1. The average Bonchev–Trinajstić information content (AvgIpc) is 2.96. The normalized spacial score (nSPS) is 10.6. The number of benzene rings is 2. The number of aromatic nitrogens is 1. The van der Waals surface area contributed by atoms with Gasteiger partial charge in [-0.3, -0.25) is 10.1 Å². The molecule has 0 radical (unpaired) electrons. The highest BCUT2D eigenvalue weighted by Gasteiger charge is 2.13. The van der Waals surface area contributed by atoms with Gasteiger partial charge in [0.2, 0.25) is 0 Å². The summed E-state index contributed by atoms with van der Waals surface area (Å²) >= 11 is 16.7. The van der Waals surface area contributed by atoms with Gasteiger partial charge in [-0.2, -0.15) is 0 Å². The monoisotopic (exact) mass is 470 g/mol. The van der Waals surface area contributed by atoms with Crippen molar-refractivity contribution in [3.8, 4) is 17.0 Å². The number of halogens is 3. The third kappa shape index (κ3) is 4.76. The molecule has 1 heterocycles. The summed E-state index contributed by atoms with van der Waals surface area (Å²) in [5.41, 5.74) is 1.83. The van der Waals surface area contributed by atoms with Gasteiger partial charge in [-0.15, -0.1) is 11.3 Å². The van der Waals surface area contributed by atoms with Crippen molar-refractivity contribution < 1.29 is 9.53 Å². The quantitative estimate of drug-likeness (QED) is 0.481. The second-order valence-corrected chi connectivity index (χ2v) is 8.30. The predicted molar refractivity (Wildman–Crippen MR) is 111 cm³/mol. The smallest absolute Gasteiger partial charge is 0.264 e. The fraction of sp³-hybridized carbons (Fsp3) is 0.111. The summed E-state index contributed by atoms with van der Waals surface area (Å²) in [6.07, 6.45) is 0. The van der Waals surface area contributed by atoms with Crippen molar-refractivity contribution >= 4 is 61.5 Å². The first-order valence-electron chi connectivity index (χ1n) is 7.53. The summed E-state index contributed by atoms with van der Waals surface area (Å²) in [6, 6.07) is 12.7. The molecule has 0 atom stereocenters. The first-order chi connectivity index (χ1) is 12.4. The minimum Gasteiger partial charge on any atom is -0.482 e. The zero-order chi connectivity index (χ0) is 18.7. The van der Waals surface area contributed by atoms with Crippen LogP contribution in [0.4, 0.5) is 5.13 Å². The molecule has 4 nitrogen and oxygen atoms in total. The van der Waals surface area contributed by atoms with Gasteiger partial charge < -0.3 is 4.74 Å². The summed E-state index contributed by atoms with van der Waals surface area (Å²) in [6.45, 7) is 1.78. The molecule has 3 aromatic rings. The predicted octanol–water partition coefficient (Wildman–Crippen LogP) is 6.21. The lowest BCUT2D eigenvalue weighted by Gasteiger charge is -2.07. The molecule has 1 amide bonds. The number of thiazole rings is 1. The van der Waals surface area contributed by atoms with Crippen molar-refractivity contribution in [3.63, 3.8) is 0 Å². The lowest BCUT2D eigenvalue weighted by Crippen LogP contribution is -2.20. The van der Waals surface area contributed by atoms with Crippen LogP contribution in [0, 0.1) is 6.92 Å². The maximum absolute atomic E-state index is 12.1. The van der Waals surface area contributed by atoms with Crippen molar-refractivity contribution in [2.45, 2.75) is 6.92 Å². The van der Waals surface area contributed by atoms with Crippen molar-refractivity contribution in [1.29, 1.82) is 0 Å². The van der Waals surface area contributed by atoms with Crippen LogP contribution in [0.2, 0.25) is 10.0 Å². The van der Waals surface area contributed by atoms with Crippen LogP contribution in [0.1, 0.15) is 4.88 Å². The zero-order valence-electron chi connectivity index (χ0n) is 13.6. The van der Waals surface area contributed by atoms with Gasteiger partial charge in [0.1, 0.15) is 5.75 Å². The van der Waals surface area contributed by atoms with E-state index in [1.165, 1.54) is 11.3 Å². The maximum atomic E-state index is 12.1. The number of carbonyl (C=O) groups excluding carboxylic acids is 1. The summed E-state index contributed by atoms with van der Waals surface area (Å²) in [4.78, 5) is 17.7. The molecule has 0 saturated carbocycles. The Bertz CT molecular complexity index is 945. The van der Waals surface area contributed by atoms with E-state index in [1.54, 1.807) is 18.2 Å². The van der Waals surface area contributed by atoms with Crippen LogP contribution in [0.25, 0.3) is 11.3 Å². The number of hydrogen-bond acceptors (Lipinski definition) is 4. The van der Waals surface area contributed by atoms with Gasteiger partial charge in [-0.25, -0.2) is 4.98 Å². The van der Waals surface area contributed by atoms with E-state index in [2.05, 4.69) is 26.2 Å². The molecule has 0 saturated heterocycles. The molecule has 26 heavy (non-hydrogen) atoms. The molecule has 3 rings (SSSR count). The van der Waals surface area contributed by atoms with E-state index >= 15 is 0 Å². The van der Waals surface area contributed by atoms with Crippen LogP contribution < -0.4 is 10.1 Å². The molecule has 1 aromatic heterocycles. The highest BCUT2D eigenvalue weighted by molar-refractivity contribution is 9.10. The van der Waals surface area contributed by atoms with Gasteiger partial charge >= 0.3 is 0 Å². The van der Waals surface area contributed by atoms with Crippen molar-refractivity contribution in [2.24, 2.45) is 0 Å². The fourth-order valence-electron chi connectivity index (χ4n) is 2.21. The molecule has 0 bridgehead atoms. The SMILES string of the molecule is Cc1sc(NC(=O)COc2cc(Cl)ccc2Cl)nc1-c1ccc(Br)cc1. The molecule has 1 N–H and O–H groups in total. The van der Waals surface area contributed by atoms with Crippen LogP contribution in [0.5, 0.6) is 5.75 Å². The Morgan fingerprint density at radius 3 is 2.69 bits per heavy atom. The maximum Gasteiger partial charge on any atom is 0.264 e. The summed E-state index contributed by atoms with van der Waals surface area (Å²) in [7, 11) is 0. The Morgan fingerprint density at radius 2 is 1.96 bits per heavy atom. The lowest BCUT2D eigenvalue weighted by molar-refractivity contribution is -0.118. The van der Waals surface area contributed by atoms with Gasteiger partial charge in [0.25, 0.3) is 5.91 Å². The second kappa shape index (κ2) is 8.39. The zero-order valence-corrected chi connectivity index (χ0v) is 17.5. The lowest BCUT2D eigenvalue weighted by atomic mass is 10.1. The van der Waals surface area contributed by atoms with Crippen LogP contribution in [-0.2, 0) is 4.79 Å². The van der Waals surface area contributed by atoms with E-state index < -0.39 is 0 Å². The minimum atomic E-state index is -0.322. The number of nitrogens with one attached hydrogen (secondary N) is 1. The molecule has 134 valence electrons. The Hall–Kier alpha value is -1.60. The second-order valence-electron chi connectivity index (χ2n) is 5.34. The molecule has 0 unspecified atom stereocenters. The molecule has 0 fully saturated rings. The van der Waals surface area contributed by atoms with Crippen molar-refractivity contribution in [2.75, 3.05) is 11.9 Å². The first-order valence-corrected chi connectivity index (χ1v) is 9.90. The summed E-state index contributed by atoms with van der Waals surface area (Å²) < 4.78 is 6.43. The number of hydrogen-bond donors (Lipinski definition) is 1. The number of rotatable bonds is 5. The van der Waals surface area contributed by atoms with Gasteiger partial charge in [0.15, 0.2) is 11.7 Å². The van der Waals surface area contributed by atoms with Gasteiger partial charge in [-0.05, 0) is 31.2 Å². The Morgan fingerprint density at radius 1 is 1.23 bits per heavy atom. The van der Waals surface area contributed by atoms with Crippen LogP contribution in [0.15, 0.2) is 46.9 Å². The van der Waals surface area contributed by atoms with E-state index in [0.717, 1.165) is 20.6 Å². The number of anilines is 1. The molecule has 0 spiro atoms. The summed E-state index contributed by atoms with van der Waals surface area (Å²) in [5, 5.41) is 4.15. The first kappa shape index (κ1) is 19.2. The van der Waals surface area contributed by atoms with Crippen LogP contribution >= 0.6 is 50.5 Å². The fourth-order valence-corrected chi connectivity index (χ4v) is 3.66. The van der Waals surface area contributed by atoms with Gasteiger partial charge in [-0.1, -0.05) is 51.3 Å². The molecule has 2 aromatic carbocycles. The molecule has 0 aliphatic carbocycles. The van der Waals surface area contributed by atoms with E-state index in [4.69, 9.17) is 27.9 Å². The molecule has 0 aliphatic heterocycles. The molecule has 0 aliphatic rings. The van der Waals surface area contributed by atoms with E-state index in [9.17, 15) is 4.79 Å². The Labute approximate surface area is 173 Å². The van der Waals surface area contributed by atoms with Gasteiger partial charge in [0.05, 0.1) is 10.7 Å². The largest absolute Gasteiger partial charge is 0.482 e. The average molecular weight is 472 g/mol. The standard InChI is InChI=1S/C18H13BrCl2N2O2S/c1-10-17(11-2-4-12(19)5-3-11)23-18(26-10)22-16(24)9-25-15-8-13(20)6-7-14(15)21/h2-8H,9H2,1H3,(H,22,23,24). The van der Waals surface area contributed by atoms with Crippen molar-refractivity contribution in [3.05, 3.63) is 61.9 Å². The number of nitrogens with zero attached hydrogens (tertiary/aromatic N) is 1. The van der Waals surface area contributed by atoms with Crippen LogP contribution in [-0.4, -0.2) is 17.5 Å². The Balaban J connectivity index is 1.65. The van der Waals surface area contributed by atoms with Crippen LogP contribution in [0.3, 0.4) is 0 Å². The molecular formula is C18H13BrCl2N2O2S. The molecule has 8 heteroatoms. The number of amides is 1. The van der Waals surface area contributed by atoms with E-state index in [0.29, 0.717) is 20.9 Å². The third-order valence-corrected chi connectivity index (χ3v) is 5.37. The minimum absolute atomic E-state index is 0.188. The highest BCUT2D eigenvalue weighted by Crippen LogP contribution is 2.31. The van der Waals surface area contributed by atoms with Crippen molar-refractivity contribution in [1.82, 2.24) is 4.98 Å². The topological polar surface area (TPSA) is 51.2 Å². The van der Waals surface area contributed by atoms with E-state index in [-0.39, 0.29) is 12.5 Å². The number of aryl methyl sites for hydroxylation is 1.